The van der Waals surface area contributed by atoms with Crippen LogP contribution in [0.2, 0.25) is 0 Å². The summed E-state index contributed by atoms with van der Waals surface area (Å²) in [6, 6.07) is 0. The number of esters is 1. The Bertz CT molecular complexity index is 1150. The third-order valence-electron chi connectivity index (χ3n) is 13.6. The maximum atomic E-state index is 12.9. The zero-order valence-electron chi connectivity index (χ0n) is 26.8. The molecule has 2 unspecified atom stereocenters. The number of carbonyl (C=O) groups is 3. The molecule has 4 fully saturated rings. The summed E-state index contributed by atoms with van der Waals surface area (Å²) in [5.41, 5.74) is -0.0552. The lowest BCUT2D eigenvalue weighted by atomic mass is 9.37. The van der Waals surface area contributed by atoms with E-state index in [0.717, 1.165) is 64.2 Å². The molecule has 0 spiro atoms. The van der Waals surface area contributed by atoms with Crippen LogP contribution in [0, 0.1) is 56.2 Å². The van der Waals surface area contributed by atoms with Crippen LogP contribution in [-0.2, 0) is 19.1 Å². The second-order valence-electron chi connectivity index (χ2n) is 17.3. The van der Waals surface area contributed by atoms with Gasteiger partial charge in [0.25, 0.3) is 0 Å². The van der Waals surface area contributed by atoms with Crippen molar-refractivity contribution >= 4 is 17.9 Å². The van der Waals surface area contributed by atoms with E-state index in [9.17, 15) is 24.6 Å². The Morgan fingerprint density at radius 1 is 0.854 bits per heavy atom. The van der Waals surface area contributed by atoms with Gasteiger partial charge in [0.05, 0.1) is 17.3 Å². The minimum atomic E-state index is -1.14. The molecule has 0 bridgehead atoms. The molecule has 0 aromatic carbocycles. The van der Waals surface area contributed by atoms with Crippen LogP contribution in [0.3, 0.4) is 0 Å². The van der Waals surface area contributed by atoms with Crippen molar-refractivity contribution < 1.29 is 29.3 Å². The van der Waals surface area contributed by atoms with E-state index in [0.29, 0.717) is 17.8 Å². The van der Waals surface area contributed by atoms with Crippen LogP contribution in [-0.4, -0.2) is 34.2 Å². The first-order valence-electron chi connectivity index (χ1n) is 16.2. The summed E-state index contributed by atoms with van der Waals surface area (Å²) >= 11 is 0. The molecule has 41 heavy (non-hydrogen) atoms. The summed E-state index contributed by atoms with van der Waals surface area (Å²) in [5.74, 6) is -0.474. The number of allylic oxidation sites excluding steroid dienone is 2. The highest BCUT2D eigenvalue weighted by Gasteiger charge is 2.66. The average molecular weight is 571 g/mol. The summed E-state index contributed by atoms with van der Waals surface area (Å²) in [7, 11) is 0. The van der Waals surface area contributed by atoms with Crippen molar-refractivity contribution in [3.05, 3.63) is 11.6 Å². The van der Waals surface area contributed by atoms with Crippen molar-refractivity contribution in [2.75, 3.05) is 0 Å². The summed E-state index contributed by atoms with van der Waals surface area (Å²) in [6.07, 6.45) is 11.7. The molecule has 5 rings (SSSR count). The number of aliphatic carboxylic acids is 2. The Hall–Kier alpha value is -1.85. The average Bonchev–Trinajstić information content (AvgIpc) is 2.84. The lowest BCUT2D eigenvalue weighted by molar-refractivity contribution is -0.203. The Balaban J connectivity index is 1.41. The van der Waals surface area contributed by atoms with E-state index in [4.69, 9.17) is 4.74 Å². The molecule has 230 valence electrons. The smallest absolute Gasteiger partial charge is 0.310 e. The first kappa shape index (κ1) is 30.6. The van der Waals surface area contributed by atoms with E-state index in [1.807, 2.05) is 0 Å². The molecule has 5 aliphatic carbocycles. The molecule has 5 aliphatic rings. The fraction of sp³-hybridized carbons (Fsp3) is 0.857. The number of carboxylic acids is 2. The molecule has 0 aromatic heterocycles. The van der Waals surface area contributed by atoms with Gasteiger partial charge in [-0.15, -0.1) is 0 Å². The van der Waals surface area contributed by atoms with Gasteiger partial charge in [0.2, 0.25) is 0 Å². The van der Waals surface area contributed by atoms with Crippen molar-refractivity contribution in [1.82, 2.24) is 0 Å². The number of rotatable bonds is 5. The molecular weight excluding hydrogens is 516 g/mol. The number of hydrogen-bond acceptors (Lipinski definition) is 4. The topological polar surface area (TPSA) is 101 Å². The van der Waals surface area contributed by atoms with E-state index in [-0.39, 0.29) is 40.1 Å². The number of ether oxygens (including phenoxy) is 1. The zero-order chi connectivity index (χ0) is 30.4. The van der Waals surface area contributed by atoms with E-state index in [1.54, 1.807) is 13.8 Å². The van der Waals surface area contributed by atoms with E-state index < -0.39 is 28.7 Å². The lowest BCUT2D eigenvalue weighted by Crippen LogP contribution is -2.62. The maximum absolute atomic E-state index is 12.9. The fourth-order valence-corrected chi connectivity index (χ4v) is 11.1. The predicted octanol–water partition coefficient (Wildman–Crippen LogP) is 7.90. The molecule has 2 N–H and O–H groups in total. The molecule has 6 nitrogen and oxygen atoms in total. The normalized spacial score (nSPS) is 42.8. The molecule has 0 amide bonds. The summed E-state index contributed by atoms with van der Waals surface area (Å²) in [4.78, 5) is 37.3. The molecule has 8 atom stereocenters. The maximum Gasteiger partial charge on any atom is 0.310 e. The fourth-order valence-electron chi connectivity index (χ4n) is 11.1. The number of fused-ring (bicyclic) bond motifs is 7. The third kappa shape index (κ3) is 4.60. The van der Waals surface area contributed by atoms with Gasteiger partial charge in [-0.05, 0) is 118 Å². The predicted molar refractivity (Wildman–Crippen MR) is 158 cm³/mol. The van der Waals surface area contributed by atoms with Crippen LogP contribution in [0.25, 0.3) is 0 Å². The van der Waals surface area contributed by atoms with Crippen molar-refractivity contribution in [1.29, 1.82) is 0 Å². The Morgan fingerprint density at radius 2 is 1.51 bits per heavy atom. The van der Waals surface area contributed by atoms with E-state index in [2.05, 4.69) is 47.6 Å². The van der Waals surface area contributed by atoms with Gasteiger partial charge >= 0.3 is 17.9 Å². The van der Waals surface area contributed by atoms with Crippen LogP contribution in [0.4, 0.5) is 0 Å². The molecule has 0 saturated heterocycles. The van der Waals surface area contributed by atoms with Crippen LogP contribution < -0.4 is 0 Å². The first-order valence-corrected chi connectivity index (χ1v) is 16.2. The van der Waals surface area contributed by atoms with Gasteiger partial charge in [-0.3, -0.25) is 14.4 Å². The minimum absolute atomic E-state index is 0.106. The zero-order valence-corrected chi connectivity index (χ0v) is 26.8. The Morgan fingerprint density at radius 3 is 2.15 bits per heavy atom. The van der Waals surface area contributed by atoms with Crippen LogP contribution in [0.5, 0.6) is 0 Å². The van der Waals surface area contributed by atoms with Gasteiger partial charge in [-0.2, -0.15) is 0 Å². The molecule has 0 heterocycles. The highest BCUT2D eigenvalue weighted by molar-refractivity contribution is 5.81. The Kier molecular flexibility index (Phi) is 7.15. The molecular formula is C35H54O6. The van der Waals surface area contributed by atoms with Gasteiger partial charge in [-0.25, -0.2) is 0 Å². The molecule has 4 saturated carbocycles. The van der Waals surface area contributed by atoms with Crippen LogP contribution >= 0.6 is 0 Å². The summed E-state index contributed by atoms with van der Waals surface area (Å²) in [5, 5.41) is 20.0. The van der Waals surface area contributed by atoms with Gasteiger partial charge in [0, 0.05) is 5.41 Å². The van der Waals surface area contributed by atoms with Crippen molar-refractivity contribution in [2.45, 2.75) is 132 Å². The SMILES string of the molecule is CC1(C)CC[C@]2(C(=O)O)CC[C@@H]3C(=CCC4[C@@]3(C)CC[C@H]3C(C)(C)C(OC(=O)CC(C)(C)C(=O)O)CC[C@]43C)[C@@H]2C1. The summed E-state index contributed by atoms with van der Waals surface area (Å²) in [6.45, 7) is 17.3. The van der Waals surface area contributed by atoms with E-state index in [1.165, 1.54) is 5.57 Å². The second-order valence-corrected chi connectivity index (χ2v) is 17.3. The third-order valence-corrected chi connectivity index (χ3v) is 13.6. The Labute approximate surface area is 247 Å². The number of carbonyl (C=O) groups excluding carboxylic acids is 1. The van der Waals surface area contributed by atoms with Crippen molar-refractivity contribution in [3.8, 4) is 0 Å². The van der Waals surface area contributed by atoms with Crippen molar-refractivity contribution in [3.63, 3.8) is 0 Å². The largest absolute Gasteiger partial charge is 0.481 e. The molecule has 0 radical (unpaired) electrons. The van der Waals surface area contributed by atoms with Crippen LogP contribution in [0.1, 0.15) is 126 Å². The van der Waals surface area contributed by atoms with Gasteiger partial charge in [0.1, 0.15) is 6.10 Å². The molecule has 6 heteroatoms. The van der Waals surface area contributed by atoms with Gasteiger partial charge in [-0.1, -0.05) is 53.2 Å². The second kappa shape index (κ2) is 9.58. The quantitative estimate of drug-likeness (QED) is 0.257. The summed E-state index contributed by atoms with van der Waals surface area (Å²) < 4.78 is 6.08. The number of carboxylic acid groups (broad SMARTS) is 2. The monoisotopic (exact) mass is 570 g/mol. The highest BCUT2D eigenvalue weighted by atomic mass is 16.5. The highest BCUT2D eigenvalue weighted by Crippen LogP contribution is 2.72. The van der Waals surface area contributed by atoms with Crippen molar-refractivity contribution in [2.24, 2.45) is 56.2 Å². The first-order chi connectivity index (χ1) is 18.8. The molecule has 0 aliphatic heterocycles. The van der Waals surface area contributed by atoms with Gasteiger partial charge < -0.3 is 14.9 Å². The minimum Gasteiger partial charge on any atom is -0.481 e. The lowest BCUT2D eigenvalue weighted by Gasteiger charge is -2.68. The number of hydrogen-bond donors (Lipinski definition) is 2. The van der Waals surface area contributed by atoms with Crippen LogP contribution in [0.15, 0.2) is 11.6 Å². The molecule has 0 aromatic rings. The van der Waals surface area contributed by atoms with E-state index >= 15 is 0 Å². The standard InChI is InChI=1S/C35H54O6/c1-30(2)17-18-35(29(39)40)16-11-22-21(23(35)19-30)9-10-25-33(22,7)14-12-24-32(5,6)26(13-15-34(24,25)8)41-27(36)20-31(3,4)28(37)38/h9,22-26H,10-20H2,1-8H3,(H,37,38)(H,39,40)/t22-,23+,24+,25?,26?,33+,34+,35-/m1/s1. The van der Waals surface area contributed by atoms with Gasteiger partial charge in [0.15, 0.2) is 0 Å².